The summed E-state index contributed by atoms with van der Waals surface area (Å²) >= 11 is 6.10. The van der Waals surface area contributed by atoms with Crippen molar-refractivity contribution < 1.29 is 9.90 Å². The molecular weight excluding hydrogens is 370 g/mol. The second kappa shape index (κ2) is 9.29. The smallest absolute Gasteiger partial charge is 0.328 e. The molecule has 0 saturated heterocycles. The number of carboxylic acid groups (broad SMARTS) is 1. The minimum Gasteiger partial charge on any atom is -0.478 e. The topological polar surface area (TPSA) is 40.5 Å². The molecule has 0 atom stereocenters. The molecule has 0 bridgehead atoms. The van der Waals surface area contributed by atoms with Crippen molar-refractivity contribution in [2.75, 3.05) is 18.0 Å². The van der Waals surface area contributed by atoms with Gasteiger partial charge in [0.25, 0.3) is 0 Å². The maximum Gasteiger partial charge on any atom is 0.328 e. The van der Waals surface area contributed by atoms with Crippen molar-refractivity contribution >= 4 is 29.3 Å². The van der Waals surface area contributed by atoms with E-state index in [2.05, 4.69) is 45.6 Å². The lowest BCUT2D eigenvalue weighted by molar-refractivity contribution is -0.131. The Morgan fingerprint density at radius 3 is 2.18 bits per heavy atom. The van der Waals surface area contributed by atoms with Gasteiger partial charge in [0.1, 0.15) is 0 Å². The molecule has 2 rings (SSSR count). The first-order valence-corrected chi connectivity index (χ1v) is 10.1. The fourth-order valence-corrected chi connectivity index (χ4v) is 3.57. The molecule has 3 nitrogen and oxygen atoms in total. The molecule has 150 valence electrons. The van der Waals surface area contributed by atoms with Gasteiger partial charge in [-0.3, -0.25) is 0 Å². The average Bonchev–Trinajstić information content (AvgIpc) is 2.62. The lowest BCUT2D eigenvalue weighted by atomic mass is 9.83. The number of hydrogen-bond acceptors (Lipinski definition) is 2. The van der Waals surface area contributed by atoms with Crippen LogP contribution < -0.4 is 4.90 Å². The van der Waals surface area contributed by atoms with Gasteiger partial charge in [0.2, 0.25) is 0 Å². The highest BCUT2D eigenvalue weighted by molar-refractivity contribution is 6.30. The summed E-state index contributed by atoms with van der Waals surface area (Å²) in [7, 11) is 0. The summed E-state index contributed by atoms with van der Waals surface area (Å²) < 4.78 is 0. The summed E-state index contributed by atoms with van der Waals surface area (Å²) in [4.78, 5) is 13.5. The number of rotatable bonds is 7. The summed E-state index contributed by atoms with van der Waals surface area (Å²) in [5.74, 6) is -0.937. The van der Waals surface area contributed by atoms with Gasteiger partial charge in [0.05, 0.1) is 0 Å². The van der Waals surface area contributed by atoms with Crippen LogP contribution in [0.4, 0.5) is 5.69 Å². The standard InChI is InChI=1S/C24H30ClNO2/c1-6-26(7-2)23-20(17-8-12-19(25)13-9-17)14-10-18(11-15-22(27)28)21(23)16-24(3,4)5/h8-15H,6-7,16H2,1-5H3,(H,27,28). The summed E-state index contributed by atoms with van der Waals surface area (Å²) in [5, 5.41) is 9.83. The predicted octanol–water partition coefficient (Wildman–Crippen LogP) is 6.54. The maximum atomic E-state index is 11.1. The lowest BCUT2D eigenvalue weighted by Crippen LogP contribution is -2.25. The van der Waals surface area contributed by atoms with Crippen molar-refractivity contribution in [1.29, 1.82) is 0 Å². The number of carbonyl (C=O) groups is 1. The van der Waals surface area contributed by atoms with Crippen LogP contribution in [-0.4, -0.2) is 24.2 Å². The number of anilines is 1. The van der Waals surface area contributed by atoms with Crippen LogP contribution >= 0.6 is 11.6 Å². The van der Waals surface area contributed by atoms with Crippen molar-refractivity contribution in [3.05, 3.63) is 58.6 Å². The van der Waals surface area contributed by atoms with E-state index in [9.17, 15) is 4.79 Å². The minimum atomic E-state index is -0.937. The van der Waals surface area contributed by atoms with Gasteiger partial charge in [0, 0.05) is 35.4 Å². The molecule has 0 spiro atoms. The Bertz CT molecular complexity index is 844. The van der Waals surface area contributed by atoms with Crippen molar-refractivity contribution in [3.63, 3.8) is 0 Å². The van der Waals surface area contributed by atoms with Gasteiger partial charge in [-0.25, -0.2) is 4.79 Å². The summed E-state index contributed by atoms with van der Waals surface area (Å²) in [6.45, 7) is 12.7. The Morgan fingerprint density at radius 1 is 1.07 bits per heavy atom. The Labute approximate surface area is 173 Å². The van der Waals surface area contributed by atoms with Crippen LogP contribution in [0.25, 0.3) is 17.2 Å². The summed E-state index contributed by atoms with van der Waals surface area (Å²) in [6, 6.07) is 12.0. The Balaban J connectivity index is 2.80. The van der Waals surface area contributed by atoms with E-state index in [0.717, 1.165) is 36.2 Å². The molecule has 1 N–H and O–H groups in total. The molecule has 0 aromatic heterocycles. The van der Waals surface area contributed by atoms with Crippen LogP contribution in [0.5, 0.6) is 0 Å². The first kappa shape index (κ1) is 22.0. The number of nitrogens with zero attached hydrogens (tertiary/aromatic N) is 1. The van der Waals surface area contributed by atoms with Crippen LogP contribution in [0.15, 0.2) is 42.5 Å². The van der Waals surface area contributed by atoms with E-state index in [1.165, 1.54) is 17.3 Å². The first-order chi connectivity index (χ1) is 13.2. The van der Waals surface area contributed by atoms with Crippen molar-refractivity contribution in [2.24, 2.45) is 5.41 Å². The Kier molecular flexibility index (Phi) is 7.31. The van der Waals surface area contributed by atoms with E-state index in [1.54, 1.807) is 6.08 Å². The zero-order valence-corrected chi connectivity index (χ0v) is 18.2. The second-order valence-corrected chi connectivity index (χ2v) is 8.55. The first-order valence-electron chi connectivity index (χ1n) is 9.74. The maximum absolute atomic E-state index is 11.1. The van der Waals surface area contributed by atoms with Crippen LogP contribution in [0, 0.1) is 5.41 Å². The zero-order chi connectivity index (χ0) is 20.9. The predicted molar refractivity (Wildman–Crippen MR) is 120 cm³/mol. The number of hydrogen-bond donors (Lipinski definition) is 1. The van der Waals surface area contributed by atoms with Gasteiger partial charge in [-0.05, 0) is 60.6 Å². The summed E-state index contributed by atoms with van der Waals surface area (Å²) in [5.41, 5.74) is 5.63. The number of aliphatic carboxylic acids is 1. The lowest BCUT2D eigenvalue weighted by Gasteiger charge is -2.31. The Hall–Kier alpha value is -2.26. The van der Waals surface area contributed by atoms with E-state index in [1.807, 2.05) is 30.3 Å². The molecule has 0 heterocycles. The highest BCUT2D eigenvalue weighted by atomic mass is 35.5. The molecule has 0 aliphatic carbocycles. The van der Waals surface area contributed by atoms with Gasteiger partial charge in [-0.1, -0.05) is 56.6 Å². The average molecular weight is 400 g/mol. The highest BCUT2D eigenvalue weighted by Crippen LogP contribution is 2.40. The molecule has 0 saturated carbocycles. The van der Waals surface area contributed by atoms with Gasteiger partial charge in [0.15, 0.2) is 0 Å². The van der Waals surface area contributed by atoms with Gasteiger partial charge >= 0.3 is 5.97 Å². The largest absolute Gasteiger partial charge is 0.478 e. The van der Waals surface area contributed by atoms with Crippen molar-refractivity contribution in [2.45, 2.75) is 41.0 Å². The van der Waals surface area contributed by atoms with Crippen LogP contribution in [0.1, 0.15) is 45.7 Å². The quantitative estimate of drug-likeness (QED) is 0.537. The molecule has 0 fully saturated rings. The monoisotopic (exact) mass is 399 g/mol. The highest BCUT2D eigenvalue weighted by Gasteiger charge is 2.22. The van der Waals surface area contributed by atoms with Gasteiger partial charge in [-0.2, -0.15) is 0 Å². The fourth-order valence-electron chi connectivity index (χ4n) is 3.45. The number of carboxylic acids is 1. The third-order valence-corrected chi connectivity index (χ3v) is 4.92. The molecule has 0 aliphatic rings. The molecule has 2 aromatic rings. The molecule has 0 radical (unpaired) electrons. The van der Waals surface area contributed by atoms with Crippen LogP contribution in [0.3, 0.4) is 0 Å². The van der Waals surface area contributed by atoms with Crippen molar-refractivity contribution in [3.8, 4) is 11.1 Å². The van der Waals surface area contributed by atoms with Gasteiger partial charge < -0.3 is 10.0 Å². The third-order valence-electron chi connectivity index (χ3n) is 4.67. The molecule has 0 unspecified atom stereocenters. The molecule has 28 heavy (non-hydrogen) atoms. The number of halogens is 1. The van der Waals surface area contributed by atoms with E-state index in [-0.39, 0.29) is 5.41 Å². The summed E-state index contributed by atoms with van der Waals surface area (Å²) in [6.07, 6.45) is 3.77. The van der Waals surface area contributed by atoms with Gasteiger partial charge in [-0.15, -0.1) is 0 Å². The number of benzene rings is 2. The Morgan fingerprint density at radius 2 is 1.68 bits per heavy atom. The SMILES string of the molecule is CCN(CC)c1c(-c2ccc(Cl)cc2)ccc(C=CC(=O)O)c1CC(C)(C)C. The molecule has 0 aliphatic heterocycles. The molecular formula is C24H30ClNO2. The molecule has 2 aromatic carbocycles. The van der Waals surface area contributed by atoms with Crippen LogP contribution in [0.2, 0.25) is 5.02 Å². The van der Waals surface area contributed by atoms with E-state index >= 15 is 0 Å². The molecule has 4 heteroatoms. The van der Waals surface area contributed by atoms with E-state index in [4.69, 9.17) is 16.7 Å². The van der Waals surface area contributed by atoms with Crippen molar-refractivity contribution in [1.82, 2.24) is 0 Å². The fraction of sp³-hybridized carbons (Fsp3) is 0.375. The zero-order valence-electron chi connectivity index (χ0n) is 17.4. The van der Waals surface area contributed by atoms with Crippen LogP contribution in [-0.2, 0) is 11.2 Å². The third kappa shape index (κ3) is 5.62. The van der Waals surface area contributed by atoms with E-state index in [0.29, 0.717) is 5.02 Å². The molecule has 0 amide bonds. The minimum absolute atomic E-state index is 0.0618. The second-order valence-electron chi connectivity index (χ2n) is 8.12. The normalized spacial score (nSPS) is 11.8. The van der Waals surface area contributed by atoms with E-state index < -0.39 is 5.97 Å².